The minimum Gasteiger partial charge on any atom is -0.281 e. The Bertz CT molecular complexity index is 98.7. The first-order valence-corrected chi connectivity index (χ1v) is 2.86. The smallest absolute Gasteiger partial charge is 0.224 e. The molecule has 0 aliphatic carbocycles. The summed E-state index contributed by atoms with van der Waals surface area (Å²) in [5, 5.41) is -0.287. The number of hydrogen-bond donors (Lipinski definition) is 0. The largest absolute Gasteiger partial charge is 0.281 e. The van der Waals surface area contributed by atoms with Crippen LogP contribution in [-0.4, -0.2) is 5.24 Å². The van der Waals surface area contributed by atoms with E-state index in [-0.39, 0.29) is 11.2 Å². The van der Waals surface area contributed by atoms with Crippen molar-refractivity contribution in [3.63, 3.8) is 0 Å². The van der Waals surface area contributed by atoms with Gasteiger partial charge in [-0.25, -0.2) is 0 Å². The van der Waals surface area contributed by atoms with E-state index in [0.29, 0.717) is 6.42 Å². The van der Waals surface area contributed by atoms with Gasteiger partial charge in [-0.1, -0.05) is 13.0 Å². The van der Waals surface area contributed by atoms with E-state index in [1.165, 1.54) is 0 Å². The first kappa shape index (κ1) is 7.70. The average molecular weight is 133 g/mol. The normalized spacial score (nSPS) is 12.8. The number of rotatable bonds is 3. The molecule has 0 spiro atoms. The van der Waals surface area contributed by atoms with Crippen LogP contribution in [0.4, 0.5) is 0 Å². The van der Waals surface area contributed by atoms with Crippen LogP contribution in [0.25, 0.3) is 0 Å². The lowest BCUT2D eigenvalue weighted by molar-refractivity contribution is -0.114. The molecule has 0 unspecified atom stereocenters. The number of hydrogen-bond acceptors (Lipinski definition) is 1. The van der Waals surface area contributed by atoms with Crippen LogP contribution < -0.4 is 0 Å². The van der Waals surface area contributed by atoms with Gasteiger partial charge in [0.2, 0.25) is 5.24 Å². The third-order valence-corrected chi connectivity index (χ3v) is 1.28. The molecule has 0 bridgehead atoms. The van der Waals surface area contributed by atoms with E-state index in [9.17, 15) is 4.79 Å². The molecule has 0 radical (unpaired) electrons. The fraction of sp³-hybridized carbons (Fsp3) is 0.500. The van der Waals surface area contributed by atoms with Gasteiger partial charge in [0.05, 0.1) is 0 Å². The zero-order valence-corrected chi connectivity index (χ0v) is 5.61. The Hall–Kier alpha value is -0.300. The third-order valence-electron chi connectivity index (χ3n) is 0.908. The maximum absolute atomic E-state index is 10.3. The van der Waals surface area contributed by atoms with Gasteiger partial charge in [0.1, 0.15) is 0 Å². The van der Waals surface area contributed by atoms with Gasteiger partial charge in [-0.15, -0.1) is 6.58 Å². The summed E-state index contributed by atoms with van der Waals surface area (Å²) in [6.45, 7) is 5.25. The number of halogens is 1. The highest BCUT2D eigenvalue weighted by Crippen LogP contribution is 2.05. The number of allylic oxidation sites excluding steroid dienone is 1. The zero-order chi connectivity index (χ0) is 6.57. The molecule has 0 amide bonds. The van der Waals surface area contributed by atoms with Crippen molar-refractivity contribution in [2.75, 3.05) is 0 Å². The van der Waals surface area contributed by atoms with Crippen LogP contribution in [0.2, 0.25) is 0 Å². The molecule has 0 heterocycles. The molecule has 0 rings (SSSR count). The Kier molecular flexibility index (Phi) is 3.53. The molecule has 0 aromatic heterocycles. The minimum atomic E-state index is -0.287. The van der Waals surface area contributed by atoms with Gasteiger partial charge in [-0.3, -0.25) is 4.79 Å². The van der Waals surface area contributed by atoms with Gasteiger partial charge in [0.25, 0.3) is 0 Å². The Labute approximate surface area is 54.3 Å². The van der Waals surface area contributed by atoms with E-state index in [4.69, 9.17) is 11.6 Å². The first-order valence-electron chi connectivity index (χ1n) is 2.48. The molecule has 0 aliphatic heterocycles. The van der Waals surface area contributed by atoms with Crippen LogP contribution in [0.15, 0.2) is 12.7 Å². The van der Waals surface area contributed by atoms with E-state index in [1.54, 1.807) is 13.0 Å². The SMILES string of the molecule is C=CC[C@H](C)C(=O)Cl. The number of carbonyl (C=O) groups excluding carboxylic acids is 1. The molecular formula is C6H9ClO. The summed E-state index contributed by atoms with van der Waals surface area (Å²) >= 11 is 5.12. The zero-order valence-electron chi connectivity index (χ0n) is 4.86. The van der Waals surface area contributed by atoms with Crippen molar-refractivity contribution < 1.29 is 4.79 Å². The average Bonchev–Trinajstić information content (AvgIpc) is 1.67. The second-order valence-electron chi connectivity index (χ2n) is 1.73. The predicted octanol–water partition coefficient (Wildman–Crippen LogP) is 1.96. The van der Waals surface area contributed by atoms with E-state index in [0.717, 1.165) is 0 Å². The molecule has 8 heavy (non-hydrogen) atoms. The van der Waals surface area contributed by atoms with Crippen molar-refractivity contribution in [2.45, 2.75) is 13.3 Å². The molecule has 0 N–H and O–H groups in total. The summed E-state index contributed by atoms with van der Waals surface area (Å²) in [7, 11) is 0. The van der Waals surface area contributed by atoms with Crippen molar-refractivity contribution in [1.29, 1.82) is 0 Å². The fourth-order valence-corrected chi connectivity index (χ4v) is 0.432. The second kappa shape index (κ2) is 3.67. The van der Waals surface area contributed by atoms with Crippen LogP contribution in [0, 0.1) is 5.92 Å². The quantitative estimate of drug-likeness (QED) is 0.424. The highest BCUT2D eigenvalue weighted by Gasteiger charge is 2.05. The van der Waals surface area contributed by atoms with Crippen LogP contribution in [0.5, 0.6) is 0 Å². The first-order chi connectivity index (χ1) is 3.68. The summed E-state index contributed by atoms with van der Waals surface area (Å²) in [5.41, 5.74) is 0. The van der Waals surface area contributed by atoms with E-state index in [1.807, 2.05) is 0 Å². The van der Waals surface area contributed by atoms with Crippen molar-refractivity contribution in [3.05, 3.63) is 12.7 Å². The van der Waals surface area contributed by atoms with Crippen molar-refractivity contribution in [2.24, 2.45) is 5.92 Å². The summed E-state index contributed by atoms with van der Waals surface area (Å²) in [6, 6.07) is 0. The van der Waals surface area contributed by atoms with Gasteiger partial charge >= 0.3 is 0 Å². The van der Waals surface area contributed by atoms with Crippen LogP contribution in [0.1, 0.15) is 13.3 Å². The lowest BCUT2D eigenvalue weighted by Gasteiger charge is -1.97. The fourth-order valence-electron chi connectivity index (χ4n) is 0.343. The summed E-state index contributed by atoms with van der Waals surface area (Å²) in [5.74, 6) is -0.0748. The molecular weight excluding hydrogens is 124 g/mol. The Morgan fingerprint density at radius 2 is 2.50 bits per heavy atom. The molecule has 0 aromatic carbocycles. The molecule has 0 saturated heterocycles. The van der Waals surface area contributed by atoms with Gasteiger partial charge in [-0.05, 0) is 18.0 Å². The molecule has 0 saturated carbocycles. The molecule has 1 nitrogen and oxygen atoms in total. The van der Waals surface area contributed by atoms with E-state index < -0.39 is 0 Å². The minimum absolute atomic E-state index is 0.0748. The molecule has 0 aromatic rings. The predicted molar refractivity (Wildman–Crippen MR) is 34.8 cm³/mol. The van der Waals surface area contributed by atoms with Crippen LogP contribution in [-0.2, 0) is 4.79 Å². The van der Waals surface area contributed by atoms with E-state index in [2.05, 4.69) is 6.58 Å². The monoisotopic (exact) mass is 132 g/mol. The molecule has 1 atom stereocenters. The van der Waals surface area contributed by atoms with Gasteiger partial charge in [0.15, 0.2) is 0 Å². The lowest BCUT2D eigenvalue weighted by Crippen LogP contribution is -2.00. The number of carbonyl (C=O) groups is 1. The molecule has 0 aliphatic rings. The molecule has 0 fully saturated rings. The molecule has 46 valence electrons. The van der Waals surface area contributed by atoms with Gasteiger partial charge in [0, 0.05) is 5.92 Å². The van der Waals surface area contributed by atoms with Crippen molar-refractivity contribution in [3.8, 4) is 0 Å². The van der Waals surface area contributed by atoms with Crippen molar-refractivity contribution >= 4 is 16.8 Å². The summed E-state index contributed by atoms with van der Waals surface area (Å²) in [6.07, 6.45) is 2.35. The Balaban J connectivity index is 3.46. The maximum atomic E-state index is 10.3. The van der Waals surface area contributed by atoms with Gasteiger partial charge in [-0.2, -0.15) is 0 Å². The highest BCUT2D eigenvalue weighted by atomic mass is 35.5. The van der Waals surface area contributed by atoms with Crippen LogP contribution in [0.3, 0.4) is 0 Å². The lowest BCUT2D eigenvalue weighted by atomic mass is 10.1. The Morgan fingerprint density at radius 3 is 2.62 bits per heavy atom. The van der Waals surface area contributed by atoms with E-state index >= 15 is 0 Å². The summed E-state index contributed by atoms with van der Waals surface area (Å²) in [4.78, 5) is 10.3. The topological polar surface area (TPSA) is 17.1 Å². The van der Waals surface area contributed by atoms with Crippen LogP contribution >= 0.6 is 11.6 Å². The van der Waals surface area contributed by atoms with Gasteiger partial charge < -0.3 is 0 Å². The standard InChI is InChI=1S/C6H9ClO/c1-3-4-5(2)6(7)8/h3,5H,1,4H2,2H3/t5-/m0/s1. The highest BCUT2D eigenvalue weighted by molar-refractivity contribution is 6.63. The molecule has 2 heteroatoms. The second-order valence-corrected chi connectivity index (χ2v) is 2.10. The Morgan fingerprint density at radius 1 is 2.00 bits per heavy atom. The maximum Gasteiger partial charge on any atom is 0.224 e. The van der Waals surface area contributed by atoms with Crippen molar-refractivity contribution in [1.82, 2.24) is 0 Å². The summed E-state index contributed by atoms with van der Waals surface area (Å²) < 4.78 is 0. The third kappa shape index (κ3) is 2.80.